The van der Waals surface area contributed by atoms with E-state index in [4.69, 9.17) is 0 Å². The van der Waals surface area contributed by atoms with Crippen LogP contribution in [0.15, 0.2) is 24.3 Å². The van der Waals surface area contributed by atoms with Gasteiger partial charge in [-0.2, -0.15) is 0 Å². The van der Waals surface area contributed by atoms with Crippen molar-refractivity contribution in [3.05, 3.63) is 35.4 Å². The van der Waals surface area contributed by atoms with Crippen molar-refractivity contribution in [3.8, 4) is 11.8 Å². The van der Waals surface area contributed by atoms with Gasteiger partial charge in [-0.1, -0.05) is 69.2 Å². The van der Waals surface area contributed by atoms with Crippen LogP contribution in [0.4, 0.5) is 0 Å². The number of esters is 1. The molecule has 2 nitrogen and oxygen atoms in total. The van der Waals surface area contributed by atoms with Crippen molar-refractivity contribution < 1.29 is 9.53 Å². The monoisotopic (exact) mass is 328 g/mol. The van der Waals surface area contributed by atoms with Crippen LogP contribution >= 0.6 is 0 Å². The number of carbonyl (C=O) groups is 1. The van der Waals surface area contributed by atoms with Gasteiger partial charge < -0.3 is 4.74 Å². The average molecular weight is 328 g/mol. The van der Waals surface area contributed by atoms with E-state index in [1.165, 1.54) is 63.2 Å². The Morgan fingerprint density at radius 3 is 2.29 bits per heavy atom. The molecule has 0 aliphatic carbocycles. The molecule has 1 aromatic rings. The molecule has 0 aliphatic rings. The first-order valence-electron chi connectivity index (χ1n) is 9.36. The van der Waals surface area contributed by atoms with Gasteiger partial charge in [-0.15, -0.1) is 5.92 Å². The Balaban J connectivity index is 2.17. The minimum Gasteiger partial charge on any atom is -0.469 e. The van der Waals surface area contributed by atoms with Crippen LogP contribution in [0.5, 0.6) is 0 Å². The van der Waals surface area contributed by atoms with Crippen molar-refractivity contribution >= 4 is 5.97 Å². The van der Waals surface area contributed by atoms with Gasteiger partial charge in [-0.25, -0.2) is 0 Å². The number of benzene rings is 1. The maximum atomic E-state index is 11.0. The first-order chi connectivity index (χ1) is 11.8. The van der Waals surface area contributed by atoms with Gasteiger partial charge in [0.05, 0.1) is 7.11 Å². The number of ether oxygens (including phenoxy) is 1. The van der Waals surface area contributed by atoms with E-state index >= 15 is 0 Å². The van der Waals surface area contributed by atoms with Gasteiger partial charge in [0.2, 0.25) is 0 Å². The zero-order chi connectivity index (χ0) is 17.5. The van der Waals surface area contributed by atoms with Crippen molar-refractivity contribution in [2.24, 2.45) is 0 Å². The van der Waals surface area contributed by atoms with Crippen LogP contribution in [0, 0.1) is 11.8 Å². The molecule has 0 aliphatic heterocycles. The van der Waals surface area contributed by atoms with Crippen LogP contribution in [-0.4, -0.2) is 13.1 Å². The third-order valence-corrected chi connectivity index (χ3v) is 4.17. The number of carbonyl (C=O) groups excluding carboxylic acids is 1. The summed E-state index contributed by atoms with van der Waals surface area (Å²) >= 11 is 0. The first-order valence-corrected chi connectivity index (χ1v) is 9.36. The number of aryl methyl sites for hydroxylation is 1. The number of rotatable bonds is 11. The lowest BCUT2D eigenvalue weighted by Gasteiger charge is -2.03. The van der Waals surface area contributed by atoms with E-state index in [1.54, 1.807) is 0 Å². The zero-order valence-corrected chi connectivity index (χ0v) is 15.4. The van der Waals surface area contributed by atoms with Gasteiger partial charge in [-0.3, -0.25) is 4.79 Å². The van der Waals surface area contributed by atoms with E-state index in [-0.39, 0.29) is 5.97 Å². The second-order valence-corrected chi connectivity index (χ2v) is 6.29. The number of methoxy groups -OCH3 is 1. The lowest BCUT2D eigenvalue weighted by molar-refractivity contribution is -0.140. The molecule has 0 fully saturated rings. The molecule has 1 rings (SSSR count). The summed E-state index contributed by atoms with van der Waals surface area (Å²) < 4.78 is 4.60. The maximum Gasteiger partial charge on any atom is 0.305 e. The van der Waals surface area contributed by atoms with Crippen molar-refractivity contribution in [1.82, 2.24) is 0 Å². The maximum absolute atomic E-state index is 11.0. The van der Waals surface area contributed by atoms with Gasteiger partial charge in [-0.05, 0) is 30.4 Å². The lowest BCUT2D eigenvalue weighted by atomic mass is 10.0. The van der Waals surface area contributed by atoms with Gasteiger partial charge in [0.15, 0.2) is 0 Å². The molecule has 0 unspecified atom stereocenters. The van der Waals surface area contributed by atoms with E-state index in [0.29, 0.717) is 6.42 Å². The predicted molar refractivity (Wildman–Crippen MR) is 101 cm³/mol. The van der Waals surface area contributed by atoms with Gasteiger partial charge >= 0.3 is 5.97 Å². The Kier molecular flexibility index (Phi) is 11.6. The molecule has 0 radical (unpaired) electrons. The SMILES string of the molecule is CCCCCCCCc1ccc(CC#CCCCC(=O)OC)cc1. The zero-order valence-electron chi connectivity index (χ0n) is 15.4. The van der Waals surface area contributed by atoms with E-state index < -0.39 is 0 Å². The summed E-state index contributed by atoms with van der Waals surface area (Å²) in [6.07, 6.45) is 12.0. The minimum atomic E-state index is -0.155. The molecule has 0 bridgehead atoms. The summed E-state index contributed by atoms with van der Waals surface area (Å²) in [5.74, 6) is 6.16. The van der Waals surface area contributed by atoms with Crippen LogP contribution in [0.25, 0.3) is 0 Å². The standard InChI is InChI=1S/C22H32O2/c1-3-4-5-6-7-10-13-20-16-18-21(19-17-20)14-11-8-9-12-15-22(23)24-2/h16-19H,3-7,9-10,12-15H2,1-2H3. The predicted octanol–water partition coefficient (Wildman–Crippen LogP) is 5.48. The summed E-state index contributed by atoms with van der Waals surface area (Å²) in [5.41, 5.74) is 2.70. The Morgan fingerprint density at radius 1 is 0.917 bits per heavy atom. The van der Waals surface area contributed by atoms with E-state index in [9.17, 15) is 4.79 Å². The van der Waals surface area contributed by atoms with Crippen LogP contribution < -0.4 is 0 Å². The summed E-state index contributed by atoms with van der Waals surface area (Å²) in [6.45, 7) is 2.26. The highest BCUT2D eigenvalue weighted by atomic mass is 16.5. The molecule has 0 saturated carbocycles. The molecule has 0 atom stereocenters. The molecule has 24 heavy (non-hydrogen) atoms. The Bertz CT molecular complexity index is 505. The number of hydrogen-bond donors (Lipinski definition) is 0. The molecular weight excluding hydrogens is 296 g/mol. The van der Waals surface area contributed by atoms with Crippen LogP contribution in [-0.2, 0) is 22.4 Å². The van der Waals surface area contributed by atoms with Gasteiger partial charge in [0.1, 0.15) is 0 Å². The summed E-state index contributed by atoms with van der Waals surface area (Å²) in [7, 11) is 1.42. The van der Waals surface area contributed by atoms with Crippen LogP contribution in [0.1, 0.15) is 75.8 Å². The second-order valence-electron chi connectivity index (χ2n) is 6.29. The molecule has 0 N–H and O–H groups in total. The number of unbranched alkanes of at least 4 members (excludes halogenated alkanes) is 6. The average Bonchev–Trinajstić information content (AvgIpc) is 2.61. The fourth-order valence-corrected chi connectivity index (χ4v) is 2.61. The highest BCUT2D eigenvalue weighted by molar-refractivity contribution is 5.69. The topological polar surface area (TPSA) is 26.3 Å². The normalized spacial score (nSPS) is 10.1. The molecule has 0 amide bonds. The molecule has 2 heteroatoms. The first kappa shape index (κ1) is 20.3. The lowest BCUT2D eigenvalue weighted by Crippen LogP contribution is -1.98. The minimum absolute atomic E-state index is 0.155. The Hall–Kier alpha value is -1.75. The van der Waals surface area contributed by atoms with E-state index in [2.05, 4.69) is 47.8 Å². The third kappa shape index (κ3) is 10.1. The third-order valence-electron chi connectivity index (χ3n) is 4.17. The molecular formula is C22H32O2. The summed E-state index contributed by atoms with van der Waals surface area (Å²) in [4.78, 5) is 11.0. The molecule has 1 aromatic carbocycles. The number of hydrogen-bond acceptors (Lipinski definition) is 2. The van der Waals surface area contributed by atoms with E-state index in [0.717, 1.165) is 19.3 Å². The molecule has 132 valence electrons. The fourth-order valence-electron chi connectivity index (χ4n) is 2.61. The Morgan fingerprint density at radius 2 is 1.58 bits per heavy atom. The van der Waals surface area contributed by atoms with Crippen molar-refractivity contribution in [3.63, 3.8) is 0 Å². The summed E-state index contributed by atoms with van der Waals surface area (Å²) in [5, 5.41) is 0. The fraction of sp³-hybridized carbons (Fsp3) is 0.591. The van der Waals surface area contributed by atoms with Crippen molar-refractivity contribution in [1.29, 1.82) is 0 Å². The molecule has 0 aromatic heterocycles. The van der Waals surface area contributed by atoms with Crippen LogP contribution in [0.2, 0.25) is 0 Å². The van der Waals surface area contributed by atoms with E-state index in [1.807, 2.05) is 0 Å². The van der Waals surface area contributed by atoms with Crippen molar-refractivity contribution in [2.45, 2.75) is 77.6 Å². The van der Waals surface area contributed by atoms with Gasteiger partial charge in [0, 0.05) is 19.3 Å². The largest absolute Gasteiger partial charge is 0.469 e. The molecule has 0 spiro atoms. The van der Waals surface area contributed by atoms with Crippen LogP contribution in [0.3, 0.4) is 0 Å². The molecule has 0 heterocycles. The van der Waals surface area contributed by atoms with Crippen molar-refractivity contribution in [2.75, 3.05) is 7.11 Å². The smallest absolute Gasteiger partial charge is 0.305 e. The Labute approximate surface area is 148 Å². The van der Waals surface area contributed by atoms with Gasteiger partial charge in [0.25, 0.3) is 0 Å². The highest BCUT2D eigenvalue weighted by Gasteiger charge is 1.97. The molecule has 0 saturated heterocycles. The highest BCUT2D eigenvalue weighted by Crippen LogP contribution is 2.11. The summed E-state index contributed by atoms with van der Waals surface area (Å²) in [6, 6.07) is 8.85. The second kappa shape index (κ2) is 13.7. The quantitative estimate of drug-likeness (QED) is 0.305.